The van der Waals surface area contributed by atoms with Gasteiger partial charge in [0.2, 0.25) is 0 Å². The molecule has 0 aromatic heterocycles. The van der Waals surface area contributed by atoms with E-state index in [-0.39, 0.29) is 5.54 Å². The standard InChI is InChI=1S/C8H18ClNS/c1-4-11-6-5-10-8(2,3)7-9/h10H,4-7H2,1-3H3. The van der Waals surface area contributed by atoms with Crippen LogP contribution in [0.5, 0.6) is 0 Å². The molecule has 11 heavy (non-hydrogen) atoms. The minimum absolute atomic E-state index is 0.0931. The van der Waals surface area contributed by atoms with Gasteiger partial charge in [0.05, 0.1) is 0 Å². The smallest absolute Gasteiger partial charge is 0.0400 e. The highest BCUT2D eigenvalue weighted by Gasteiger charge is 2.13. The minimum atomic E-state index is 0.0931. The van der Waals surface area contributed by atoms with Gasteiger partial charge >= 0.3 is 0 Å². The maximum Gasteiger partial charge on any atom is 0.0400 e. The average molecular weight is 196 g/mol. The number of halogens is 1. The molecule has 1 N–H and O–H groups in total. The van der Waals surface area contributed by atoms with Crippen molar-refractivity contribution >= 4 is 23.4 Å². The van der Waals surface area contributed by atoms with Gasteiger partial charge in [-0.25, -0.2) is 0 Å². The zero-order valence-electron chi connectivity index (χ0n) is 7.61. The van der Waals surface area contributed by atoms with Crippen LogP contribution in [0.1, 0.15) is 20.8 Å². The highest BCUT2D eigenvalue weighted by Crippen LogP contribution is 2.04. The van der Waals surface area contributed by atoms with Crippen molar-refractivity contribution in [1.29, 1.82) is 0 Å². The molecular weight excluding hydrogens is 178 g/mol. The molecule has 0 aliphatic carbocycles. The van der Waals surface area contributed by atoms with Crippen molar-refractivity contribution in [2.75, 3.05) is 23.9 Å². The Bertz CT molecular complexity index is 96.1. The molecule has 1 nitrogen and oxygen atoms in total. The van der Waals surface area contributed by atoms with Crippen LogP contribution in [0.3, 0.4) is 0 Å². The molecule has 0 fully saturated rings. The van der Waals surface area contributed by atoms with Crippen LogP contribution in [0, 0.1) is 0 Å². The summed E-state index contributed by atoms with van der Waals surface area (Å²) in [6.07, 6.45) is 0. The fraction of sp³-hybridized carbons (Fsp3) is 1.00. The van der Waals surface area contributed by atoms with Gasteiger partial charge in [-0.2, -0.15) is 11.8 Å². The number of hydrogen-bond acceptors (Lipinski definition) is 2. The van der Waals surface area contributed by atoms with Gasteiger partial charge in [-0.15, -0.1) is 11.6 Å². The maximum atomic E-state index is 5.74. The number of alkyl halides is 1. The Balaban J connectivity index is 3.23. The van der Waals surface area contributed by atoms with E-state index in [1.54, 1.807) is 0 Å². The lowest BCUT2D eigenvalue weighted by atomic mass is 10.1. The zero-order chi connectivity index (χ0) is 8.74. The largest absolute Gasteiger partial charge is 0.310 e. The second-order valence-corrected chi connectivity index (χ2v) is 4.80. The number of thioether (sulfide) groups is 1. The molecule has 68 valence electrons. The van der Waals surface area contributed by atoms with Crippen molar-refractivity contribution in [2.45, 2.75) is 26.3 Å². The Labute approximate surface area is 79.3 Å². The molecule has 0 saturated heterocycles. The monoisotopic (exact) mass is 195 g/mol. The summed E-state index contributed by atoms with van der Waals surface area (Å²) >= 11 is 7.69. The second kappa shape index (κ2) is 6.15. The predicted octanol–water partition coefficient (Wildman–Crippen LogP) is 2.35. The van der Waals surface area contributed by atoms with Crippen molar-refractivity contribution < 1.29 is 0 Å². The van der Waals surface area contributed by atoms with Gasteiger partial charge in [0, 0.05) is 23.7 Å². The molecule has 0 aliphatic heterocycles. The Morgan fingerprint density at radius 3 is 2.55 bits per heavy atom. The summed E-state index contributed by atoms with van der Waals surface area (Å²) in [5.74, 6) is 3.05. The Kier molecular flexibility index (Phi) is 6.49. The van der Waals surface area contributed by atoms with E-state index in [9.17, 15) is 0 Å². The van der Waals surface area contributed by atoms with E-state index < -0.39 is 0 Å². The van der Waals surface area contributed by atoms with Crippen molar-refractivity contribution in [3.05, 3.63) is 0 Å². The summed E-state index contributed by atoms with van der Waals surface area (Å²) in [5, 5.41) is 3.39. The summed E-state index contributed by atoms with van der Waals surface area (Å²) in [4.78, 5) is 0. The molecular formula is C8H18ClNS. The topological polar surface area (TPSA) is 12.0 Å². The molecule has 0 rings (SSSR count). The van der Waals surface area contributed by atoms with E-state index >= 15 is 0 Å². The SMILES string of the molecule is CCSCCNC(C)(C)CCl. The lowest BCUT2D eigenvalue weighted by molar-refractivity contribution is 0.446. The molecule has 0 spiro atoms. The van der Waals surface area contributed by atoms with Crippen LogP contribution in [0.2, 0.25) is 0 Å². The zero-order valence-corrected chi connectivity index (χ0v) is 9.19. The van der Waals surface area contributed by atoms with Gasteiger partial charge in [-0.1, -0.05) is 6.92 Å². The minimum Gasteiger partial charge on any atom is -0.310 e. The highest BCUT2D eigenvalue weighted by atomic mass is 35.5. The maximum absolute atomic E-state index is 5.74. The molecule has 0 aromatic rings. The van der Waals surface area contributed by atoms with Crippen LogP contribution < -0.4 is 5.32 Å². The Morgan fingerprint density at radius 2 is 2.09 bits per heavy atom. The predicted molar refractivity (Wildman–Crippen MR) is 55.8 cm³/mol. The fourth-order valence-electron chi connectivity index (χ4n) is 0.653. The van der Waals surface area contributed by atoms with Crippen molar-refractivity contribution in [1.82, 2.24) is 5.32 Å². The lowest BCUT2D eigenvalue weighted by Gasteiger charge is -2.22. The average Bonchev–Trinajstić information content (AvgIpc) is 1.99. The van der Waals surface area contributed by atoms with Crippen LogP contribution in [0.4, 0.5) is 0 Å². The normalized spacial score (nSPS) is 12.0. The van der Waals surface area contributed by atoms with E-state index in [2.05, 4.69) is 26.1 Å². The molecule has 0 bridgehead atoms. The van der Waals surface area contributed by atoms with Crippen LogP contribution in [0.25, 0.3) is 0 Å². The highest BCUT2D eigenvalue weighted by molar-refractivity contribution is 7.99. The summed E-state index contributed by atoms with van der Waals surface area (Å²) < 4.78 is 0. The van der Waals surface area contributed by atoms with E-state index in [0.717, 1.165) is 6.54 Å². The number of nitrogens with one attached hydrogen (secondary N) is 1. The van der Waals surface area contributed by atoms with Gasteiger partial charge < -0.3 is 5.32 Å². The van der Waals surface area contributed by atoms with Crippen molar-refractivity contribution in [3.8, 4) is 0 Å². The van der Waals surface area contributed by atoms with E-state index in [1.165, 1.54) is 11.5 Å². The van der Waals surface area contributed by atoms with Crippen LogP contribution in [-0.4, -0.2) is 29.5 Å². The molecule has 0 aliphatic rings. The quantitative estimate of drug-likeness (QED) is 0.516. The Hall–Kier alpha value is 0.600. The summed E-state index contributed by atoms with van der Waals surface area (Å²) in [7, 11) is 0. The van der Waals surface area contributed by atoms with Crippen LogP contribution >= 0.6 is 23.4 Å². The lowest BCUT2D eigenvalue weighted by Crippen LogP contribution is -2.42. The summed E-state index contributed by atoms with van der Waals surface area (Å²) in [5.41, 5.74) is 0.0931. The molecule has 0 saturated carbocycles. The first-order valence-corrected chi connectivity index (χ1v) is 5.70. The molecule has 0 radical (unpaired) electrons. The molecule has 0 aromatic carbocycles. The van der Waals surface area contributed by atoms with Gasteiger partial charge in [-0.05, 0) is 19.6 Å². The number of rotatable bonds is 6. The molecule has 0 unspecified atom stereocenters. The van der Waals surface area contributed by atoms with Crippen molar-refractivity contribution in [2.24, 2.45) is 0 Å². The third-order valence-electron chi connectivity index (χ3n) is 1.39. The second-order valence-electron chi connectivity index (χ2n) is 3.14. The molecule has 0 amide bonds. The van der Waals surface area contributed by atoms with E-state index in [1.807, 2.05) is 11.8 Å². The molecule has 0 atom stereocenters. The first-order chi connectivity index (χ1) is 5.12. The van der Waals surface area contributed by atoms with E-state index in [0.29, 0.717) is 5.88 Å². The summed E-state index contributed by atoms with van der Waals surface area (Å²) in [6, 6.07) is 0. The first kappa shape index (κ1) is 11.6. The third-order valence-corrected chi connectivity index (χ3v) is 2.96. The fourth-order valence-corrected chi connectivity index (χ4v) is 1.28. The molecule has 3 heteroatoms. The van der Waals surface area contributed by atoms with Gasteiger partial charge in [0.25, 0.3) is 0 Å². The number of hydrogen-bond donors (Lipinski definition) is 1. The first-order valence-electron chi connectivity index (χ1n) is 4.01. The molecule has 0 heterocycles. The van der Waals surface area contributed by atoms with Crippen molar-refractivity contribution in [3.63, 3.8) is 0 Å². The van der Waals surface area contributed by atoms with E-state index in [4.69, 9.17) is 11.6 Å². The summed E-state index contributed by atoms with van der Waals surface area (Å²) in [6.45, 7) is 7.48. The van der Waals surface area contributed by atoms with Crippen LogP contribution in [-0.2, 0) is 0 Å². The Morgan fingerprint density at radius 1 is 1.45 bits per heavy atom. The van der Waals surface area contributed by atoms with Gasteiger partial charge in [-0.3, -0.25) is 0 Å². The third kappa shape index (κ3) is 6.98. The van der Waals surface area contributed by atoms with Gasteiger partial charge in [0.15, 0.2) is 0 Å². The van der Waals surface area contributed by atoms with Crippen LogP contribution in [0.15, 0.2) is 0 Å². The van der Waals surface area contributed by atoms with Gasteiger partial charge in [0.1, 0.15) is 0 Å².